The lowest BCUT2D eigenvalue weighted by Gasteiger charge is -2.17. The predicted octanol–water partition coefficient (Wildman–Crippen LogP) is 2.13. The summed E-state index contributed by atoms with van der Waals surface area (Å²) in [5, 5.41) is 8.87. The summed E-state index contributed by atoms with van der Waals surface area (Å²) in [6.07, 6.45) is 5.66. The number of benzene rings is 1. The molecule has 1 fully saturated rings. The molecule has 0 saturated carbocycles. The van der Waals surface area contributed by atoms with Gasteiger partial charge in [-0.15, -0.1) is 12.3 Å². The summed E-state index contributed by atoms with van der Waals surface area (Å²) in [5.74, 6) is 1.45. The van der Waals surface area contributed by atoms with Crippen LogP contribution in [0.1, 0.15) is 16.8 Å². The first kappa shape index (κ1) is 12.7. The zero-order valence-corrected chi connectivity index (χ0v) is 11.0. The van der Waals surface area contributed by atoms with E-state index in [0.29, 0.717) is 23.1 Å². The van der Waals surface area contributed by atoms with Crippen LogP contribution in [0, 0.1) is 18.3 Å². The fourth-order valence-corrected chi connectivity index (χ4v) is 2.50. The van der Waals surface area contributed by atoms with Crippen molar-refractivity contribution in [2.45, 2.75) is 6.42 Å². The van der Waals surface area contributed by atoms with Gasteiger partial charge in [-0.3, -0.25) is 4.79 Å². The number of rotatable bonds is 2. The van der Waals surface area contributed by atoms with Crippen LogP contribution >= 0.6 is 15.9 Å². The van der Waals surface area contributed by atoms with Crippen LogP contribution < -0.4 is 4.90 Å². The van der Waals surface area contributed by atoms with E-state index in [1.165, 1.54) is 12.1 Å². The number of hydrogen-bond donors (Lipinski definition) is 1. The Morgan fingerprint density at radius 3 is 2.78 bits per heavy atom. The van der Waals surface area contributed by atoms with Crippen molar-refractivity contribution in [2.75, 3.05) is 11.4 Å². The maximum Gasteiger partial charge on any atom is 0.335 e. The highest BCUT2D eigenvalue weighted by Crippen LogP contribution is 2.32. The number of halogens is 1. The monoisotopic (exact) mass is 307 g/mol. The standard InChI is InChI=1S/C13H10BrNO3/c1-2-8-5-12(16)15(7-8)11-4-3-9(13(17)18)6-10(11)14/h1,3-4,6,8H,5,7H2,(H,17,18). The first-order valence-corrected chi connectivity index (χ1v) is 6.11. The number of nitrogens with zero attached hydrogens (tertiary/aromatic N) is 1. The Morgan fingerprint density at radius 2 is 2.28 bits per heavy atom. The molecule has 5 heteroatoms. The number of carbonyl (C=O) groups excluding carboxylic acids is 1. The third kappa shape index (κ3) is 2.24. The van der Waals surface area contributed by atoms with Gasteiger partial charge in [-0.05, 0) is 34.1 Å². The van der Waals surface area contributed by atoms with Crippen LogP contribution in [0.3, 0.4) is 0 Å². The average molecular weight is 308 g/mol. The van der Waals surface area contributed by atoms with Gasteiger partial charge in [-0.25, -0.2) is 4.79 Å². The van der Waals surface area contributed by atoms with Crippen molar-refractivity contribution in [1.82, 2.24) is 0 Å². The Balaban J connectivity index is 2.33. The Labute approximate surface area is 113 Å². The molecule has 1 aromatic rings. The highest BCUT2D eigenvalue weighted by atomic mass is 79.9. The average Bonchev–Trinajstić information content (AvgIpc) is 2.70. The topological polar surface area (TPSA) is 57.6 Å². The minimum atomic E-state index is -1.00. The van der Waals surface area contributed by atoms with Crippen molar-refractivity contribution in [3.63, 3.8) is 0 Å². The molecule has 18 heavy (non-hydrogen) atoms. The number of carboxylic acid groups (broad SMARTS) is 1. The molecule has 92 valence electrons. The summed E-state index contributed by atoms with van der Waals surface area (Å²) in [4.78, 5) is 24.2. The number of carboxylic acids is 1. The molecule has 1 unspecified atom stereocenters. The molecular formula is C13H10BrNO3. The molecule has 2 rings (SSSR count). The normalized spacial score (nSPS) is 18.8. The molecule has 1 amide bonds. The Kier molecular flexibility index (Phi) is 3.39. The molecule has 0 bridgehead atoms. The number of anilines is 1. The van der Waals surface area contributed by atoms with Crippen molar-refractivity contribution in [3.05, 3.63) is 28.2 Å². The van der Waals surface area contributed by atoms with E-state index in [4.69, 9.17) is 11.5 Å². The zero-order valence-electron chi connectivity index (χ0n) is 9.39. The molecule has 0 aliphatic carbocycles. The van der Waals surface area contributed by atoms with E-state index < -0.39 is 5.97 Å². The lowest BCUT2D eigenvalue weighted by molar-refractivity contribution is -0.117. The van der Waals surface area contributed by atoms with Gasteiger partial charge in [0, 0.05) is 23.4 Å². The van der Waals surface area contributed by atoms with Gasteiger partial charge in [-0.2, -0.15) is 0 Å². The van der Waals surface area contributed by atoms with Crippen molar-refractivity contribution in [1.29, 1.82) is 0 Å². The second-order valence-electron chi connectivity index (χ2n) is 4.04. The highest BCUT2D eigenvalue weighted by molar-refractivity contribution is 9.10. The number of carbonyl (C=O) groups is 2. The van der Waals surface area contributed by atoms with Crippen LogP contribution in [0.2, 0.25) is 0 Å². The van der Waals surface area contributed by atoms with Crippen LogP contribution in [-0.4, -0.2) is 23.5 Å². The predicted molar refractivity (Wildman–Crippen MR) is 70.4 cm³/mol. The third-order valence-electron chi connectivity index (χ3n) is 2.85. The summed E-state index contributed by atoms with van der Waals surface area (Å²) in [5.41, 5.74) is 0.827. The Morgan fingerprint density at radius 1 is 1.56 bits per heavy atom. The number of hydrogen-bond acceptors (Lipinski definition) is 2. The second-order valence-corrected chi connectivity index (χ2v) is 4.90. The fourth-order valence-electron chi connectivity index (χ4n) is 1.91. The lowest BCUT2D eigenvalue weighted by atomic mass is 10.1. The second kappa shape index (κ2) is 4.83. The molecule has 1 N–H and O–H groups in total. The van der Waals surface area contributed by atoms with Crippen LogP contribution in [0.4, 0.5) is 5.69 Å². The number of amides is 1. The molecule has 0 aromatic heterocycles. The first-order chi connectivity index (χ1) is 8.52. The summed E-state index contributed by atoms with van der Waals surface area (Å²) >= 11 is 3.29. The van der Waals surface area contributed by atoms with Crippen LogP contribution in [-0.2, 0) is 4.79 Å². The van der Waals surface area contributed by atoms with Crippen LogP contribution in [0.25, 0.3) is 0 Å². The summed E-state index contributed by atoms with van der Waals surface area (Å²) in [7, 11) is 0. The largest absolute Gasteiger partial charge is 0.478 e. The first-order valence-electron chi connectivity index (χ1n) is 5.32. The molecule has 1 aliphatic heterocycles. The van der Waals surface area contributed by atoms with E-state index in [-0.39, 0.29) is 17.4 Å². The van der Waals surface area contributed by atoms with Gasteiger partial charge in [0.05, 0.1) is 11.3 Å². The van der Waals surface area contributed by atoms with Gasteiger partial charge in [0.15, 0.2) is 0 Å². The molecule has 1 aromatic carbocycles. The molecule has 0 spiro atoms. The number of aromatic carboxylic acids is 1. The number of terminal acetylenes is 1. The van der Waals surface area contributed by atoms with Gasteiger partial charge < -0.3 is 10.0 Å². The van der Waals surface area contributed by atoms with Gasteiger partial charge in [-0.1, -0.05) is 0 Å². The summed E-state index contributed by atoms with van der Waals surface area (Å²) in [6.45, 7) is 0.473. The van der Waals surface area contributed by atoms with Crippen molar-refractivity contribution < 1.29 is 14.7 Å². The maximum absolute atomic E-state index is 11.8. The van der Waals surface area contributed by atoms with Gasteiger partial charge in [0.2, 0.25) is 5.91 Å². The lowest BCUT2D eigenvalue weighted by Crippen LogP contribution is -2.24. The molecular weight excluding hydrogens is 298 g/mol. The summed E-state index contributed by atoms with van der Waals surface area (Å²) in [6, 6.07) is 4.57. The van der Waals surface area contributed by atoms with Gasteiger partial charge in [0.25, 0.3) is 0 Å². The fraction of sp³-hybridized carbons (Fsp3) is 0.231. The summed E-state index contributed by atoms with van der Waals surface area (Å²) < 4.78 is 0.577. The SMILES string of the molecule is C#CC1CC(=O)N(c2ccc(C(=O)O)cc2Br)C1. The van der Waals surface area contributed by atoms with Crippen LogP contribution in [0.15, 0.2) is 22.7 Å². The van der Waals surface area contributed by atoms with Crippen LogP contribution in [0.5, 0.6) is 0 Å². The molecule has 1 atom stereocenters. The minimum Gasteiger partial charge on any atom is -0.478 e. The third-order valence-corrected chi connectivity index (χ3v) is 3.48. The van der Waals surface area contributed by atoms with Crippen molar-refractivity contribution >= 4 is 33.5 Å². The van der Waals surface area contributed by atoms with Crippen molar-refractivity contribution in [3.8, 4) is 12.3 Å². The van der Waals surface area contributed by atoms with Crippen molar-refractivity contribution in [2.24, 2.45) is 5.92 Å². The Hall–Kier alpha value is -1.80. The zero-order chi connectivity index (χ0) is 13.3. The van der Waals surface area contributed by atoms with E-state index in [9.17, 15) is 9.59 Å². The van der Waals surface area contributed by atoms with Gasteiger partial charge >= 0.3 is 5.97 Å². The van der Waals surface area contributed by atoms with E-state index in [0.717, 1.165) is 0 Å². The Bertz CT molecular complexity index is 562. The van der Waals surface area contributed by atoms with E-state index in [2.05, 4.69) is 21.9 Å². The van der Waals surface area contributed by atoms with E-state index >= 15 is 0 Å². The molecule has 1 saturated heterocycles. The minimum absolute atomic E-state index is 0.0401. The molecule has 4 nitrogen and oxygen atoms in total. The smallest absolute Gasteiger partial charge is 0.335 e. The van der Waals surface area contributed by atoms with E-state index in [1.54, 1.807) is 11.0 Å². The van der Waals surface area contributed by atoms with E-state index in [1.807, 2.05) is 0 Å². The van der Waals surface area contributed by atoms with Gasteiger partial charge in [0.1, 0.15) is 0 Å². The molecule has 1 heterocycles. The molecule has 1 aliphatic rings. The quantitative estimate of drug-likeness (QED) is 0.852. The maximum atomic E-state index is 11.8. The molecule has 0 radical (unpaired) electrons. The highest BCUT2D eigenvalue weighted by Gasteiger charge is 2.30.